The maximum atomic E-state index is 11.9. The fourth-order valence-electron chi connectivity index (χ4n) is 1.68. The molecule has 0 aliphatic carbocycles. The lowest BCUT2D eigenvalue weighted by Crippen LogP contribution is -2.33. The number of fused-ring (bicyclic) bond motifs is 1. The van der Waals surface area contributed by atoms with E-state index in [2.05, 4.69) is 5.32 Å². The standard InChI is InChI=1S/C14H14ClNO/c1-10(9-15)16-14(17)13-7-6-11-4-2-3-5-12(11)8-13/h2-8,10H,9H2,1H3,(H,16,17). The zero-order chi connectivity index (χ0) is 12.3. The van der Waals surface area contributed by atoms with Gasteiger partial charge in [0.05, 0.1) is 0 Å². The highest BCUT2D eigenvalue weighted by Crippen LogP contribution is 2.15. The van der Waals surface area contributed by atoms with E-state index >= 15 is 0 Å². The first-order valence-electron chi connectivity index (χ1n) is 5.56. The Morgan fingerprint density at radius 2 is 1.94 bits per heavy atom. The lowest BCUT2D eigenvalue weighted by Gasteiger charge is -2.10. The summed E-state index contributed by atoms with van der Waals surface area (Å²) in [4.78, 5) is 11.9. The molecule has 2 aromatic rings. The second kappa shape index (κ2) is 5.19. The molecule has 2 nitrogen and oxygen atoms in total. The minimum atomic E-state index is -0.0797. The van der Waals surface area contributed by atoms with Gasteiger partial charge in [0, 0.05) is 17.5 Å². The van der Waals surface area contributed by atoms with E-state index in [1.807, 2.05) is 49.4 Å². The SMILES string of the molecule is CC(CCl)NC(=O)c1ccc2ccccc2c1. The van der Waals surface area contributed by atoms with Gasteiger partial charge in [0.25, 0.3) is 5.91 Å². The van der Waals surface area contributed by atoms with Crippen LogP contribution in [0.25, 0.3) is 10.8 Å². The van der Waals surface area contributed by atoms with Gasteiger partial charge in [-0.1, -0.05) is 30.3 Å². The van der Waals surface area contributed by atoms with Crippen molar-refractivity contribution in [2.24, 2.45) is 0 Å². The topological polar surface area (TPSA) is 29.1 Å². The number of halogens is 1. The average molecular weight is 248 g/mol. The van der Waals surface area contributed by atoms with E-state index in [9.17, 15) is 4.79 Å². The molecule has 0 saturated carbocycles. The molecule has 0 aliphatic rings. The molecule has 0 fully saturated rings. The van der Waals surface area contributed by atoms with E-state index in [1.165, 1.54) is 0 Å². The quantitative estimate of drug-likeness (QED) is 0.830. The first-order chi connectivity index (χ1) is 8.20. The maximum absolute atomic E-state index is 11.9. The van der Waals surface area contributed by atoms with Crippen LogP contribution in [0.5, 0.6) is 0 Å². The Balaban J connectivity index is 2.27. The van der Waals surface area contributed by atoms with E-state index in [4.69, 9.17) is 11.6 Å². The number of amides is 1. The molecule has 0 bridgehead atoms. The maximum Gasteiger partial charge on any atom is 0.251 e. The van der Waals surface area contributed by atoms with Gasteiger partial charge in [-0.25, -0.2) is 0 Å². The number of hydrogen-bond acceptors (Lipinski definition) is 1. The highest BCUT2D eigenvalue weighted by molar-refractivity contribution is 6.18. The molecule has 0 heterocycles. The summed E-state index contributed by atoms with van der Waals surface area (Å²) in [6.45, 7) is 1.88. The summed E-state index contributed by atoms with van der Waals surface area (Å²) in [7, 11) is 0. The van der Waals surface area contributed by atoms with Gasteiger partial charge in [-0.15, -0.1) is 11.6 Å². The Morgan fingerprint density at radius 1 is 1.24 bits per heavy atom. The summed E-state index contributed by atoms with van der Waals surface area (Å²) in [5.74, 6) is 0.336. The van der Waals surface area contributed by atoms with Crippen LogP contribution in [0.4, 0.5) is 0 Å². The van der Waals surface area contributed by atoms with Crippen LogP contribution >= 0.6 is 11.6 Å². The van der Waals surface area contributed by atoms with Crippen molar-refractivity contribution in [3.8, 4) is 0 Å². The van der Waals surface area contributed by atoms with Crippen molar-refractivity contribution in [1.29, 1.82) is 0 Å². The minimum absolute atomic E-state index is 0.0179. The summed E-state index contributed by atoms with van der Waals surface area (Å²) in [5, 5.41) is 5.04. The van der Waals surface area contributed by atoms with Crippen molar-refractivity contribution in [3.63, 3.8) is 0 Å². The smallest absolute Gasteiger partial charge is 0.251 e. The lowest BCUT2D eigenvalue weighted by atomic mass is 10.1. The van der Waals surface area contributed by atoms with Crippen LogP contribution in [0.1, 0.15) is 17.3 Å². The van der Waals surface area contributed by atoms with Crippen LogP contribution in [0.15, 0.2) is 42.5 Å². The van der Waals surface area contributed by atoms with E-state index < -0.39 is 0 Å². The van der Waals surface area contributed by atoms with Gasteiger partial charge in [-0.2, -0.15) is 0 Å². The molecule has 3 heteroatoms. The second-order valence-corrected chi connectivity index (χ2v) is 4.40. The van der Waals surface area contributed by atoms with E-state index in [-0.39, 0.29) is 11.9 Å². The first-order valence-corrected chi connectivity index (χ1v) is 6.10. The monoisotopic (exact) mass is 247 g/mol. The predicted octanol–water partition coefficient (Wildman–Crippen LogP) is 3.20. The fourth-order valence-corrected chi connectivity index (χ4v) is 1.75. The first kappa shape index (κ1) is 11.9. The molecule has 2 aromatic carbocycles. The third kappa shape index (κ3) is 2.77. The third-order valence-corrected chi connectivity index (χ3v) is 3.08. The highest BCUT2D eigenvalue weighted by Gasteiger charge is 2.08. The number of benzene rings is 2. The molecule has 1 amide bonds. The van der Waals surface area contributed by atoms with Crippen LogP contribution < -0.4 is 5.32 Å². The lowest BCUT2D eigenvalue weighted by molar-refractivity contribution is 0.0943. The molecule has 17 heavy (non-hydrogen) atoms. The predicted molar refractivity (Wildman–Crippen MR) is 71.6 cm³/mol. The number of carbonyl (C=O) groups excluding carboxylic acids is 1. The molecule has 1 unspecified atom stereocenters. The minimum Gasteiger partial charge on any atom is -0.348 e. The molecule has 0 aromatic heterocycles. The van der Waals surface area contributed by atoms with Gasteiger partial charge in [-0.3, -0.25) is 4.79 Å². The van der Waals surface area contributed by atoms with Gasteiger partial charge in [0.15, 0.2) is 0 Å². The van der Waals surface area contributed by atoms with Crippen molar-refractivity contribution in [1.82, 2.24) is 5.32 Å². The Bertz CT molecular complexity index is 538. The van der Waals surface area contributed by atoms with Gasteiger partial charge in [0.2, 0.25) is 0 Å². The molecule has 0 radical (unpaired) electrons. The van der Waals surface area contributed by atoms with Crippen LogP contribution in [-0.2, 0) is 0 Å². The summed E-state index contributed by atoms with van der Waals surface area (Å²) >= 11 is 5.66. The van der Waals surface area contributed by atoms with Crippen LogP contribution in [0, 0.1) is 0 Å². The Morgan fingerprint density at radius 3 is 2.65 bits per heavy atom. The van der Waals surface area contributed by atoms with Gasteiger partial charge in [-0.05, 0) is 29.8 Å². The Kier molecular flexibility index (Phi) is 3.64. The van der Waals surface area contributed by atoms with Crippen molar-refractivity contribution in [2.75, 3.05) is 5.88 Å². The molecule has 0 saturated heterocycles. The van der Waals surface area contributed by atoms with Crippen molar-refractivity contribution < 1.29 is 4.79 Å². The zero-order valence-corrected chi connectivity index (χ0v) is 10.4. The summed E-state index contributed by atoms with van der Waals surface area (Å²) < 4.78 is 0. The largest absolute Gasteiger partial charge is 0.348 e. The zero-order valence-electron chi connectivity index (χ0n) is 9.61. The van der Waals surface area contributed by atoms with Gasteiger partial charge in [0.1, 0.15) is 0 Å². The normalized spacial score (nSPS) is 12.4. The van der Waals surface area contributed by atoms with Crippen LogP contribution in [0.2, 0.25) is 0 Å². The van der Waals surface area contributed by atoms with Gasteiger partial charge >= 0.3 is 0 Å². The van der Waals surface area contributed by atoms with Crippen molar-refractivity contribution >= 4 is 28.3 Å². The molecular formula is C14H14ClNO. The molecule has 1 N–H and O–H groups in total. The van der Waals surface area contributed by atoms with Crippen molar-refractivity contribution in [2.45, 2.75) is 13.0 Å². The number of nitrogens with one attached hydrogen (secondary N) is 1. The summed E-state index contributed by atoms with van der Waals surface area (Å²) in [6, 6.07) is 13.6. The van der Waals surface area contributed by atoms with E-state index in [0.717, 1.165) is 10.8 Å². The third-order valence-electron chi connectivity index (χ3n) is 2.62. The molecule has 1 atom stereocenters. The van der Waals surface area contributed by atoms with E-state index in [1.54, 1.807) is 0 Å². The average Bonchev–Trinajstić information content (AvgIpc) is 2.38. The molecular weight excluding hydrogens is 234 g/mol. The Hall–Kier alpha value is -1.54. The van der Waals surface area contributed by atoms with Crippen molar-refractivity contribution in [3.05, 3.63) is 48.0 Å². The number of alkyl halides is 1. The molecule has 88 valence electrons. The summed E-state index contributed by atoms with van der Waals surface area (Å²) in [5.41, 5.74) is 0.667. The second-order valence-electron chi connectivity index (χ2n) is 4.09. The highest BCUT2D eigenvalue weighted by atomic mass is 35.5. The van der Waals surface area contributed by atoms with Gasteiger partial charge < -0.3 is 5.32 Å². The Labute approximate surface area is 106 Å². The molecule has 0 spiro atoms. The summed E-state index contributed by atoms with van der Waals surface area (Å²) in [6.07, 6.45) is 0. The van der Waals surface area contributed by atoms with Crippen LogP contribution in [-0.4, -0.2) is 17.8 Å². The van der Waals surface area contributed by atoms with Crippen LogP contribution in [0.3, 0.4) is 0 Å². The fraction of sp³-hybridized carbons (Fsp3) is 0.214. The van der Waals surface area contributed by atoms with E-state index in [0.29, 0.717) is 11.4 Å². The number of rotatable bonds is 3. The number of hydrogen-bond donors (Lipinski definition) is 1. The molecule has 0 aliphatic heterocycles. The number of carbonyl (C=O) groups is 1. The molecule has 2 rings (SSSR count).